The second kappa shape index (κ2) is 6.86. The van der Waals surface area contributed by atoms with E-state index in [1.54, 1.807) is 24.3 Å². The number of hydrogen-bond acceptors (Lipinski definition) is 5. The fourth-order valence-corrected chi connectivity index (χ4v) is 3.27. The predicted molar refractivity (Wildman–Crippen MR) is 97.7 cm³/mol. The van der Waals surface area contributed by atoms with Crippen molar-refractivity contribution in [3.05, 3.63) is 57.5 Å². The number of carbonyl (C=O) groups excluding carboxylic acids is 2. The largest absolute Gasteiger partial charge is 0.326 e. The lowest BCUT2D eigenvalue weighted by Gasteiger charge is -2.09. The summed E-state index contributed by atoms with van der Waals surface area (Å²) in [5, 5.41) is 3.09. The van der Waals surface area contributed by atoms with Gasteiger partial charge >= 0.3 is 0 Å². The fraction of sp³-hybridized carbons (Fsp3) is 0.176. The number of carbonyl (C=O) groups is 2. The second-order valence-corrected chi connectivity index (χ2v) is 6.52. The molecule has 0 aliphatic carbocycles. The Balaban J connectivity index is 1.88. The molecule has 0 aliphatic heterocycles. The molecular weight excluding hydrogens is 340 g/mol. The zero-order valence-corrected chi connectivity index (χ0v) is 14.5. The Bertz CT molecular complexity index is 1020. The molecule has 7 nitrogen and oxygen atoms in total. The van der Waals surface area contributed by atoms with Gasteiger partial charge in [0.1, 0.15) is 11.2 Å². The Labute approximate surface area is 147 Å². The SMILES string of the molecule is CCc1cc2c(=O)n(NC(=O)c3cccc(NC(C)=O)c3)cnc2s1. The highest BCUT2D eigenvalue weighted by molar-refractivity contribution is 7.18. The third-order valence-electron chi connectivity index (χ3n) is 3.52. The van der Waals surface area contributed by atoms with Crippen LogP contribution in [-0.4, -0.2) is 21.5 Å². The summed E-state index contributed by atoms with van der Waals surface area (Å²) < 4.78 is 1.07. The zero-order valence-electron chi connectivity index (χ0n) is 13.7. The van der Waals surface area contributed by atoms with Crippen LogP contribution in [0.15, 0.2) is 41.5 Å². The van der Waals surface area contributed by atoms with Gasteiger partial charge in [0.15, 0.2) is 0 Å². The Morgan fingerprint density at radius 2 is 2.08 bits per heavy atom. The molecule has 0 atom stereocenters. The van der Waals surface area contributed by atoms with E-state index >= 15 is 0 Å². The Kier molecular flexibility index (Phi) is 4.62. The van der Waals surface area contributed by atoms with Crippen molar-refractivity contribution in [1.82, 2.24) is 9.66 Å². The third-order valence-corrected chi connectivity index (χ3v) is 4.71. The van der Waals surface area contributed by atoms with Gasteiger partial charge in [-0.25, -0.2) is 9.66 Å². The summed E-state index contributed by atoms with van der Waals surface area (Å²) in [6, 6.07) is 8.26. The van der Waals surface area contributed by atoms with Crippen LogP contribution in [-0.2, 0) is 11.2 Å². The van der Waals surface area contributed by atoms with Crippen LogP contribution >= 0.6 is 11.3 Å². The van der Waals surface area contributed by atoms with Crippen molar-refractivity contribution in [2.45, 2.75) is 20.3 Å². The highest BCUT2D eigenvalue weighted by Crippen LogP contribution is 2.20. The lowest BCUT2D eigenvalue weighted by atomic mass is 10.2. The lowest BCUT2D eigenvalue weighted by molar-refractivity contribution is -0.114. The minimum Gasteiger partial charge on any atom is -0.326 e. The second-order valence-electron chi connectivity index (χ2n) is 5.41. The van der Waals surface area contributed by atoms with Crippen molar-refractivity contribution in [1.29, 1.82) is 0 Å². The fourth-order valence-electron chi connectivity index (χ4n) is 2.34. The maximum Gasteiger partial charge on any atom is 0.280 e. The van der Waals surface area contributed by atoms with E-state index < -0.39 is 5.91 Å². The van der Waals surface area contributed by atoms with Crippen molar-refractivity contribution in [2.24, 2.45) is 0 Å². The minimum atomic E-state index is -0.471. The predicted octanol–water partition coefficient (Wildman–Crippen LogP) is 2.36. The zero-order chi connectivity index (χ0) is 18.0. The number of amides is 2. The van der Waals surface area contributed by atoms with E-state index in [1.165, 1.54) is 30.7 Å². The van der Waals surface area contributed by atoms with Gasteiger partial charge in [0.25, 0.3) is 11.5 Å². The van der Waals surface area contributed by atoms with E-state index in [-0.39, 0.29) is 11.5 Å². The smallest absolute Gasteiger partial charge is 0.280 e. The molecule has 2 amide bonds. The van der Waals surface area contributed by atoms with E-state index in [1.807, 2.05) is 6.92 Å². The van der Waals surface area contributed by atoms with Crippen LogP contribution in [0.1, 0.15) is 29.1 Å². The van der Waals surface area contributed by atoms with Crippen LogP contribution in [0, 0.1) is 0 Å². The van der Waals surface area contributed by atoms with E-state index in [4.69, 9.17) is 0 Å². The van der Waals surface area contributed by atoms with Gasteiger partial charge < -0.3 is 5.32 Å². The van der Waals surface area contributed by atoms with Gasteiger partial charge in [-0.15, -0.1) is 11.3 Å². The van der Waals surface area contributed by atoms with Gasteiger partial charge in [0.05, 0.1) is 5.39 Å². The average Bonchev–Trinajstić information content (AvgIpc) is 3.01. The Hall–Kier alpha value is -3.00. The standard InChI is InChI=1S/C17H16N4O3S/c1-3-13-8-14-16(25-13)18-9-21(17(14)24)20-15(23)11-5-4-6-12(7-11)19-10(2)22/h4-9H,3H2,1-2H3,(H,19,22)(H,20,23). The van der Waals surface area contributed by atoms with Crippen molar-refractivity contribution >= 4 is 39.1 Å². The number of aromatic nitrogens is 2. The van der Waals surface area contributed by atoms with Crippen LogP contribution in [0.3, 0.4) is 0 Å². The van der Waals surface area contributed by atoms with E-state index in [2.05, 4.69) is 15.7 Å². The number of fused-ring (bicyclic) bond motifs is 1. The van der Waals surface area contributed by atoms with Crippen LogP contribution in [0.5, 0.6) is 0 Å². The quantitative estimate of drug-likeness (QED) is 0.750. The minimum absolute atomic E-state index is 0.229. The van der Waals surface area contributed by atoms with Crippen LogP contribution in [0.2, 0.25) is 0 Å². The molecule has 128 valence electrons. The summed E-state index contributed by atoms with van der Waals surface area (Å²) in [5.74, 6) is -0.700. The molecule has 0 fully saturated rings. The molecule has 0 saturated heterocycles. The first-order valence-corrected chi connectivity index (χ1v) is 8.48. The highest BCUT2D eigenvalue weighted by Gasteiger charge is 2.12. The summed E-state index contributed by atoms with van der Waals surface area (Å²) in [5.41, 5.74) is 3.02. The third kappa shape index (κ3) is 3.58. The molecule has 0 saturated carbocycles. The summed E-state index contributed by atoms with van der Waals surface area (Å²) in [7, 11) is 0. The van der Waals surface area contributed by atoms with Gasteiger partial charge in [-0.05, 0) is 30.7 Å². The summed E-state index contributed by atoms with van der Waals surface area (Å²) in [4.78, 5) is 41.9. The van der Waals surface area contributed by atoms with Gasteiger partial charge in [-0.1, -0.05) is 13.0 Å². The highest BCUT2D eigenvalue weighted by atomic mass is 32.1. The number of nitrogens with zero attached hydrogens (tertiary/aromatic N) is 2. The molecule has 0 unspecified atom stereocenters. The number of aryl methyl sites for hydroxylation is 1. The van der Waals surface area contributed by atoms with Crippen LogP contribution in [0.4, 0.5) is 5.69 Å². The van der Waals surface area contributed by atoms with Crippen molar-refractivity contribution < 1.29 is 9.59 Å². The average molecular weight is 356 g/mol. The first-order chi connectivity index (χ1) is 12.0. The first kappa shape index (κ1) is 16.8. The summed E-state index contributed by atoms with van der Waals surface area (Å²) in [6.07, 6.45) is 2.12. The number of rotatable bonds is 4. The molecule has 8 heteroatoms. The van der Waals surface area contributed by atoms with Crippen LogP contribution in [0.25, 0.3) is 10.2 Å². The number of thiophene rings is 1. The summed E-state index contributed by atoms with van der Waals surface area (Å²) in [6.45, 7) is 3.39. The number of anilines is 1. The van der Waals surface area contributed by atoms with Gasteiger partial charge in [0.2, 0.25) is 5.91 Å². The van der Waals surface area contributed by atoms with E-state index in [0.29, 0.717) is 21.5 Å². The monoisotopic (exact) mass is 356 g/mol. The molecule has 25 heavy (non-hydrogen) atoms. The molecule has 3 aromatic rings. The normalized spacial score (nSPS) is 10.6. The maximum absolute atomic E-state index is 12.5. The molecule has 0 aliphatic rings. The van der Waals surface area contributed by atoms with Crippen molar-refractivity contribution in [3.8, 4) is 0 Å². The molecular formula is C17H16N4O3S. The molecule has 2 heterocycles. The molecule has 0 bridgehead atoms. The number of hydrogen-bond donors (Lipinski definition) is 2. The lowest BCUT2D eigenvalue weighted by Crippen LogP contribution is -2.33. The number of benzene rings is 1. The first-order valence-electron chi connectivity index (χ1n) is 7.67. The van der Waals surface area contributed by atoms with Crippen LogP contribution < -0.4 is 16.3 Å². The molecule has 3 rings (SSSR count). The van der Waals surface area contributed by atoms with Gasteiger partial charge in [-0.3, -0.25) is 19.8 Å². The molecule has 2 aromatic heterocycles. The molecule has 0 spiro atoms. The Morgan fingerprint density at radius 1 is 1.28 bits per heavy atom. The van der Waals surface area contributed by atoms with E-state index in [0.717, 1.165) is 16.0 Å². The van der Waals surface area contributed by atoms with Gasteiger partial charge in [0, 0.05) is 23.1 Å². The Morgan fingerprint density at radius 3 is 2.80 bits per heavy atom. The topological polar surface area (TPSA) is 93.1 Å². The summed E-state index contributed by atoms with van der Waals surface area (Å²) >= 11 is 1.47. The number of nitrogens with one attached hydrogen (secondary N) is 2. The molecule has 2 N–H and O–H groups in total. The molecule has 0 radical (unpaired) electrons. The van der Waals surface area contributed by atoms with Crippen molar-refractivity contribution in [2.75, 3.05) is 10.7 Å². The van der Waals surface area contributed by atoms with E-state index in [9.17, 15) is 14.4 Å². The maximum atomic E-state index is 12.5. The van der Waals surface area contributed by atoms with Crippen molar-refractivity contribution in [3.63, 3.8) is 0 Å². The van der Waals surface area contributed by atoms with Gasteiger partial charge in [-0.2, -0.15) is 0 Å². The molecule has 1 aromatic carbocycles.